The fourth-order valence-electron chi connectivity index (χ4n) is 2.98. The van der Waals surface area contributed by atoms with Crippen molar-refractivity contribution in [1.82, 2.24) is 9.78 Å². The predicted octanol–water partition coefficient (Wildman–Crippen LogP) is 4.83. The van der Waals surface area contributed by atoms with Crippen molar-refractivity contribution < 1.29 is 27.8 Å². The summed E-state index contributed by atoms with van der Waals surface area (Å²) < 4.78 is 45.0. The van der Waals surface area contributed by atoms with E-state index in [4.69, 9.17) is 4.74 Å². The molecule has 0 bridgehead atoms. The fourth-order valence-corrected chi connectivity index (χ4v) is 2.98. The van der Waals surface area contributed by atoms with Crippen LogP contribution in [-0.4, -0.2) is 28.0 Å². The van der Waals surface area contributed by atoms with Gasteiger partial charge in [0, 0.05) is 5.56 Å². The monoisotopic (exact) mass is 390 g/mol. The van der Waals surface area contributed by atoms with E-state index < -0.39 is 17.7 Å². The number of aromatic carboxylic acids is 1. The van der Waals surface area contributed by atoms with Crippen molar-refractivity contribution in [3.05, 3.63) is 65.4 Å². The largest absolute Gasteiger partial charge is 0.497 e. The average Bonchev–Trinajstić information content (AvgIpc) is 3.07. The molecule has 2 aromatic carbocycles. The first-order valence-corrected chi connectivity index (χ1v) is 8.43. The van der Waals surface area contributed by atoms with Crippen LogP contribution in [-0.2, 0) is 12.6 Å². The summed E-state index contributed by atoms with van der Waals surface area (Å²) in [6, 6.07) is 11.2. The number of methoxy groups -OCH3 is 1. The Morgan fingerprint density at radius 3 is 2.39 bits per heavy atom. The van der Waals surface area contributed by atoms with Gasteiger partial charge in [0.2, 0.25) is 0 Å². The van der Waals surface area contributed by atoms with Gasteiger partial charge in [0.05, 0.1) is 24.1 Å². The third kappa shape index (κ3) is 3.58. The van der Waals surface area contributed by atoms with Gasteiger partial charge in [0.15, 0.2) is 0 Å². The number of alkyl halides is 3. The number of carboxylic acid groups (broad SMARTS) is 1. The normalized spacial score (nSPS) is 11.5. The molecule has 0 radical (unpaired) electrons. The Labute approximate surface area is 159 Å². The van der Waals surface area contributed by atoms with Gasteiger partial charge in [-0.2, -0.15) is 18.3 Å². The molecule has 1 heterocycles. The molecular formula is C20H17F3N2O3. The van der Waals surface area contributed by atoms with Gasteiger partial charge in [0.1, 0.15) is 17.0 Å². The molecule has 0 unspecified atom stereocenters. The van der Waals surface area contributed by atoms with Crippen LogP contribution < -0.4 is 4.74 Å². The van der Waals surface area contributed by atoms with E-state index in [2.05, 4.69) is 5.10 Å². The van der Waals surface area contributed by atoms with Gasteiger partial charge in [-0.05, 0) is 42.8 Å². The Bertz CT molecular complexity index is 1010. The Kier molecular flexibility index (Phi) is 5.13. The van der Waals surface area contributed by atoms with Crippen molar-refractivity contribution in [2.75, 3.05) is 7.11 Å². The first-order valence-electron chi connectivity index (χ1n) is 8.43. The second kappa shape index (κ2) is 7.38. The summed E-state index contributed by atoms with van der Waals surface area (Å²) in [7, 11) is 1.50. The number of halogens is 3. The zero-order chi connectivity index (χ0) is 20.5. The number of hydrogen-bond acceptors (Lipinski definition) is 3. The lowest BCUT2D eigenvalue weighted by molar-refractivity contribution is -0.137. The van der Waals surface area contributed by atoms with E-state index >= 15 is 0 Å². The molecule has 0 saturated heterocycles. The van der Waals surface area contributed by atoms with E-state index in [9.17, 15) is 23.1 Å². The number of aromatic nitrogens is 2. The van der Waals surface area contributed by atoms with Crippen LogP contribution in [0.15, 0.2) is 48.5 Å². The van der Waals surface area contributed by atoms with Gasteiger partial charge in [-0.15, -0.1) is 0 Å². The first-order chi connectivity index (χ1) is 13.3. The second-order valence-electron chi connectivity index (χ2n) is 6.02. The van der Waals surface area contributed by atoms with Crippen LogP contribution in [0.4, 0.5) is 13.2 Å². The molecule has 146 valence electrons. The highest BCUT2D eigenvalue weighted by Gasteiger charge is 2.30. The smallest absolute Gasteiger partial charge is 0.416 e. The van der Waals surface area contributed by atoms with Crippen molar-refractivity contribution in [2.24, 2.45) is 0 Å². The minimum absolute atomic E-state index is 0.00986. The average molecular weight is 390 g/mol. The predicted molar refractivity (Wildman–Crippen MR) is 96.9 cm³/mol. The van der Waals surface area contributed by atoms with Crippen molar-refractivity contribution in [2.45, 2.75) is 19.5 Å². The Hall–Kier alpha value is -3.29. The summed E-state index contributed by atoms with van der Waals surface area (Å²) in [6.45, 7) is 1.76. The number of carboxylic acids is 1. The van der Waals surface area contributed by atoms with Crippen molar-refractivity contribution in [3.8, 4) is 22.7 Å². The standard InChI is InChI=1S/C20H17F3N2O3/c1-3-16-17(19(26)27)18(12-5-4-6-15(11-12)28-2)24-25(16)14-9-7-13(8-10-14)20(21,22)23/h4-11H,3H2,1-2H3,(H,26,27). The Morgan fingerprint density at radius 2 is 1.86 bits per heavy atom. The highest BCUT2D eigenvalue weighted by molar-refractivity contribution is 5.96. The van der Waals surface area contributed by atoms with Gasteiger partial charge < -0.3 is 9.84 Å². The molecule has 0 atom stereocenters. The lowest BCUT2D eigenvalue weighted by Gasteiger charge is -2.09. The van der Waals surface area contributed by atoms with E-state index in [0.717, 1.165) is 12.1 Å². The van der Waals surface area contributed by atoms with E-state index in [1.54, 1.807) is 31.2 Å². The Balaban J connectivity index is 2.18. The SMILES string of the molecule is CCc1c(C(=O)O)c(-c2cccc(OC)c2)nn1-c1ccc(C(F)(F)F)cc1. The van der Waals surface area contributed by atoms with Crippen molar-refractivity contribution in [3.63, 3.8) is 0 Å². The van der Waals surface area contributed by atoms with E-state index in [1.807, 2.05) is 0 Å². The zero-order valence-corrected chi connectivity index (χ0v) is 15.1. The van der Waals surface area contributed by atoms with Crippen LogP contribution in [0, 0.1) is 0 Å². The lowest BCUT2D eigenvalue weighted by Crippen LogP contribution is -2.07. The molecule has 0 aliphatic heterocycles. The molecule has 1 N–H and O–H groups in total. The molecule has 5 nitrogen and oxygen atoms in total. The highest BCUT2D eigenvalue weighted by Crippen LogP contribution is 2.32. The van der Waals surface area contributed by atoms with Gasteiger partial charge in [-0.3, -0.25) is 0 Å². The molecule has 0 aliphatic carbocycles. The van der Waals surface area contributed by atoms with Crippen LogP contribution in [0.25, 0.3) is 16.9 Å². The molecule has 8 heteroatoms. The number of rotatable bonds is 5. The minimum Gasteiger partial charge on any atom is -0.497 e. The number of nitrogens with zero attached hydrogens (tertiary/aromatic N) is 2. The summed E-state index contributed by atoms with van der Waals surface area (Å²) in [5.74, 6) is -0.621. The molecule has 0 aliphatic rings. The second-order valence-corrected chi connectivity index (χ2v) is 6.02. The van der Waals surface area contributed by atoms with E-state index in [-0.39, 0.29) is 11.3 Å². The summed E-state index contributed by atoms with van der Waals surface area (Å²) in [4.78, 5) is 11.9. The number of carbonyl (C=O) groups is 1. The Morgan fingerprint density at radius 1 is 1.18 bits per heavy atom. The van der Waals surface area contributed by atoms with Gasteiger partial charge in [-0.25, -0.2) is 9.48 Å². The van der Waals surface area contributed by atoms with Gasteiger partial charge in [-0.1, -0.05) is 19.1 Å². The van der Waals surface area contributed by atoms with Crippen molar-refractivity contribution in [1.29, 1.82) is 0 Å². The van der Waals surface area contributed by atoms with E-state index in [0.29, 0.717) is 29.1 Å². The van der Waals surface area contributed by atoms with E-state index in [1.165, 1.54) is 23.9 Å². The molecule has 3 rings (SSSR count). The fraction of sp³-hybridized carbons (Fsp3) is 0.200. The summed E-state index contributed by atoms with van der Waals surface area (Å²) >= 11 is 0. The maximum atomic E-state index is 12.8. The summed E-state index contributed by atoms with van der Waals surface area (Å²) in [5.41, 5.74) is 0.732. The molecule has 28 heavy (non-hydrogen) atoms. The molecule has 3 aromatic rings. The van der Waals surface area contributed by atoms with Crippen LogP contribution in [0.3, 0.4) is 0 Å². The molecule has 0 amide bonds. The third-order valence-corrected chi connectivity index (χ3v) is 4.31. The maximum Gasteiger partial charge on any atom is 0.416 e. The molecular weight excluding hydrogens is 373 g/mol. The first kappa shape index (κ1) is 19.5. The number of ether oxygens (including phenoxy) is 1. The van der Waals surface area contributed by atoms with Crippen LogP contribution in [0.1, 0.15) is 28.5 Å². The van der Waals surface area contributed by atoms with Crippen LogP contribution in [0.2, 0.25) is 0 Å². The van der Waals surface area contributed by atoms with Gasteiger partial charge in [0.25, 0.3) is 0 Å². The van der Waals surface area contributed by atoms with Crippen LogP contribution >= 0.6 is 0 Å². The number of benzene rings is 2. The zero-order valence-electron chi connectivity index (χ0n) is 15.1. The number of hydrogen-bond donors (Lipinski definition) is 1. The highest BCUT2D eigenvalue weighted by atomic mass is 19.4. The topological polar surface area (TPSA) is 64.3 Å². The lowest BCUT2D eigenvalue weighted by atomic mass is 10.0. The minimum atomic E-state index is -4.45. The molecule has 1 aromatic heterocycles. The maximum absolute atomic E-state index is 12.8. The molecule has 0 saturated carbocycles. The summed E-state index contributed by atoms with van der Waals surface area (Å²) in [6.07, 6.45) is -4.12. The van der Waals surface area contributed by atoms with Crippen LogP contribution in [0.5, 0.6) is 5.75 Å². The van der Waals surface area contributed by atoms with Gasteiger partial charge >= 0.3 is 12.1 Å². The summed E-state index contributed by atoms with van der Waals surface area (Å²) in [5, 5.41) is 14.2. The quantitative estimate of drug-likeness (QED) is 0.678. The molecule has 0 spiro atoms. The molecule has 0 fully saturated rings. The van der Waals surface area contributed by atoms with Crippen molar-refractivity contribution >= 4 is 5.97 Å². The third-order valence-electron chi connectivity index (χ3n) is 4.31.